The molecule has 2 heterocycles. The van der Waals surface area contributed by atoms with Crippen LogP contribution in [0.2, 0.25) is 0 Å². The molecule has 1 amide bonds. The number of hydrogen-bond acceptors (Lipinski definition) is 5. The summed E-state index contributed by atoms with van der Waals surface area (Å²) in [5.41, 5.74) is 2.11. The van der Waals surface area contributed by atoms with E-state index >= 15 is 0 Å². The van der Waals surface area contributed by atoms with Gasteiger partial charge in [-0.2, -0.15) is 4.68 Å². The lowest BCUT2D eigenvalue weighted by Crippen LogP contribution is -2.50. The highest BCUT2D eigenvalue weighted by atomic mass is 32.2. The zero-order chi connectivity index (χ0) is 17.9. The van der Waals surface area contributed by atoms with Gasteiger partial charge in [0, 0.05) is 12.6 Å². The maximum Gasteiger partial charge on any atom is 0.233 e. The summed E-state index contributed by atoms with van der Waals surface area (Å²) >= 11 is 1.43. The van der Waals surface area contributed by atoms with Gasteiger partial charge in [-0.1, -0.05) is 42.3 Å². The quantitative estimate of drug-likeness (QED) is 0.772. The lowest BCUT2D eigenvalue weighted by atomic mass is 9.78. The molecule has 2 atom stereocenters. The second-order valence-corrected chi connectivity index (χ2v) is 8.28. The van der Waals surface area contributed by atoms with Crippen LogP contribution in [-0.2, 0) is 4.79 Å². The van der Waals surface area contributed by atoms with Gasteiger partial charge in [-0.3, -0.25) is 4.79 Å². The van der Waals surface area contributed by atoms with Gasteiger partial charge in [0.2, 0.25) is 11.1 Å². The summed E-state index contributed by atoms with van der Waals surface area (Å²) in [7, 11) is 0. The van der Waals surface area contributed by atoms with Gasteiger partial charge < -0.3 is 4.90 Å². The van der Waals surface area contributed by atoms with Crippen LogP contribution in [0.25, 0.3) is 5.69 Å². The average Bonchev–Trinajstić information content (AvgIpc) is 3.15. The number of fused-ring (bicyclic) bond motifs is 1. The van der Waals surface area contributed by atoms with Crippen molar-refractivity contribution in [1.82, 2.24) is 25.1 Å². The van der Waals surface area contributed by atoms with Gasteiger partial charge in [-0.15, -0.1) is 5.10 Å². The number of thioether (sulfide) groups is 1. The highest BCUT2D eigenvalue weighted by molar-refractivity contribution is 7.99. The van der Waals surface area contributed by atoms with E-state index in [-0.39, 0.29) is 5.91 Å². The van der Waals surface area contributed by atoms with E-state index < -0.39 is 0 Å². The molecule has 2 aliphatic rings. The number of hydrogen-bond donors (Lipinski definition) is 0. The van der Waals surface area contributed by atoms with E-state index in [1.54, 1.807) is 4.68 Å². The van der Waals surface area contributed by atoms with Crippen LogP contribution < -0.4 is 0 Å². The van der Waals surface area contributed by atoms with E-state index in [0.29, 0.717) is 22.9 Å². The van der Waals surface area contributed by atoms with E-state index in [2.05, 4.69) is 27.3 Å². The highest BCUT2D eigenvalue weighted by Gasteiger charge is 2.35. The maximum atomic E-state index is 12.9. The Bertz CT molecular complexity index is 758. The molecule has 1 saturated carbocycles. The standard InChI is InChI=1S/C19H25N5OS/c1-14-8-10-16(11-9-14)24-19(20-21-22-24)26-13-18(25)23-12-4-6-15-5-2-3-7-17(15)23/h8-11,15,17H,2-7,12-13H2,1H3/t15-,17+/m0/s1. The summed E-state index contributed by atoms with van der Waals surface area (Å²) in [5, 5.41) is 12.6. The Hall–Kier alpha value is -1.89. The third-order valence-electron chi connectivity index (χ3n) is 5.61. The molecule has 0 unspecified atom stereocenters. The number of aromatic nitrogens is 4. The summed E-state index contributed by atoms with van der Waals surface area (Å²) in [6.45, 7) is 2.96. The number of tetrazole rings is 1. The second kappa shape index (κ2) is 7.78. The normalized spacial score (nSPS) is 22.9. The number of rotatable bonds is 4. The van der Waals surface area contributed by atoms with Crippen LogP contribution in [0, 0.1) is 12.8 Å². The number of carbonyl (C=O) groups excluding carboxylic acids is 1. The number of aryl methyl sites for hydroxylation is 1. The van der Waals surface area contributed by atoms with Crippen molar-refractivity contribution in [3.05, 3.63) is 29.8 Å². The van der Waals surface area contributed by atoms with Crippen molar-refractivity contribution in [2.75, 3.05) is 12.3 Å². The molecule has 4 rings (SSSR count). The smallest absolute Gasteiger partial charge is 0.233 e. The predicted octanol–water partition coefficient (Wildman–Crippen LogP) is 3.24. The third-order valence-corrected chi connectivity index (χ3v) is 6.51. The Morgan fingerprint density at radius 2 is 1.92 bits per heavy atom. The number of carbonyl (C=O) groups is 1. The minimum Gasteiger partial charge on any atom is -0.339 e. The van der Waals surface area contributed by atoms with Crippen LogP contribution in [0.1, 0.15) is 44.1 Å². The van der Waals surface area contributed by atoms with Gasteiger partial charge >= 0.3 is 0 Å². The van der Waals surface area contributed by atoms with E-state index in [0.717, 1.165) is 18.7 Å². The van der Waals surface area contributed by atoms with E-state index in [4.69, 9.17) is 0 Å². The minimum atomic E-state index is 0.227. The van der Waals surface area contributed by atoms with E-state index in [9.17, 15) is 4.79 Å². The van der Waals surface area contributed by atoms with Crippen molar-refractivity contribution in [2.45, 2.75) is 56.6 Å². The Morgan fingerprint density at radius 3 is 2.77 bits per heavy atom. The minimum absolute atomic E-state index is 0.227. The first kappa shape index (κ1) is 17.5. The third kappa shape index (κ3) is 3.63. The zero-order valence-electron chi connectivity index (χ0n) is 15.2. The monoisotopic (exact) mass is 371 g/mol. The molecule has 0 spiro atoms. The molecule has 0 radical (unpaired) electrons. The van der Waals surface area contributed by atoms with Crippen molar-refractivity contribution in [3.63, 3.8) is 0 Å². The molecule has 1 aromatic carbocycles. The van der Waals surface area contributed by atoms with Crippen LogP contribution in [0.4, 0.5) is 0 Å². The molecule has 138 valence electrons. The molecule has 2 aromatic rings. The molecule has 26 heavy (non-hydrogen) atoms. The lowest BCUT2D eigenvalue weighted by molar-refractivity contribution is -0.134. The van der Waals surface area contributed by atoms with Crippen molar-refractivity contribution in [1.29, 1.82) is 0 Å². The van der Waals surface area contributed by atoms with Crippen molar-refractivity contribution < 1.29 is 4.79 Å². The molecule has 1 saturated heterocycles. The van der Waals surface area contributed by atoms with Crippen LogP contribution in [-0.4, -0.2) is 49.4 Å². The van der Waals surface area contributed by atoms with Crippen LogP contribution in [0.5, 0.6) is 0 Å². The van der Waals surface area contributed by atoms with Gasteiger partial charge in [0.05, 0.1) is 11.4 Å². The average molecular weight is 372 g/mol. The number of piperidine rings is 1. The van der Waals surface area contributed by atoms with Gasteiger partial charge in [0.1, 0.15) is 0 Å². The largest absolute Gasteiger partial charge is 0.339 e. The fraction of sp³-hybridized carbons (Fsp3) is 0.579. The summed E-state index contributed by atoms with van der Waals surface area (Å²) in [5.74, 6) is 1.34. The summed E-state index contributed by atoms with van der Waals surface area (Å²) in [4.78, 5) is 15.0. The van der Waals surface area contributed by atoms with E-state index in [1.807, 2.05) is 24.3 Å². The predicted molar refractivity (Wildman–Crippen MR) is 101 cm³/mol. The number of benzene rings is 1. The van der Waals surface area contributed by atoms with E-state index in [1.165, 1.54) is 49.4 Å². The van der Waals surface area contributed by atoms with Crippen LogP contribution >= 0.6 is 11.8 Å². The first-order chi connectivity index (χ1) is 12.7. The first-order valence-electron chi connectivity index (χ1n) is 9.50. The van der Waals surface area contributed by atoms with Crippen molar-refractivity contribution >= 4 is 17.7 Å². The Morgan fingerprint density at radius 1 is 1.15 bits per heavy atom. The van der Waals surface area contributed by atoms with Gasteiger partial charge in [0.25, 0.3) is 0 Å². The summed E-state index contributed by atoms with van der Waals surface area (Å²) < 4.78 is 1.71. The SMILES string of the molecule is Cc1ccc(-n2nnnc2SCC(=O)N2CCC[C@@H]3CCCC[C@H]32)cc1. The van der Waals surface area contributed by atoms with Gasteiger partial charge in [-0.05, 0) is 61.1 Å². The molecule has 1 aliphatic carbocycles. The van der Waals surface area contributed by atoms with Crippen LogP contribution in [0.15, 0.2) is 29.4 Å². The Kier molecular flexibility index (Phi) is 5.24. The van der Waals surface area contributed by atoms with Crippen molar-refractivity contribution in [3.8, 4) is 5.69 Å². The lowest BCUT2D eigenvalue weighted by Gasteiger charge is -2.44. The molecule has 1 aliphatic heterocycles. The molecular weight excluding hydrogens is 346 g/mol. The second-order valence-electron chi connectivity index (χ2n) is 7.34. The maximum absolute atomic E-state index is 12.9. The number of likely N-dealkylation sites (tertiary alicyclic amines) is 1. The summed E-state index contributed by atoms with van der Waals surface area (Å²) in [6, 6.07) is 8.52. The first-order valence-corrected chi connectivity index (χ1v) is 10.5. The molecule has 2 fully saturated rings. The van der Waals surface area contributed by atoms with Crippen molar-refractivity contribution in [2.24, 2.45) is 5.92 Å². The van der Waals surface area contributed by atoms with Gasteiger partial charge in [-0.25, -0.2) is 0 Å². The van der Waals surface area contributed by atoms with Crippen LogP contribution in [0.3, 0.4) is 0 Å². The topological polar surface area (TPSA) is 63.9 Å². The summed E-state index contributed by atoms with van der Waals surface area (Å²) in [6.07, 6.45) is 7.45. The fourth-order valence-corrected chi connectivity index (χ4v) is 5.04. The Labute approximate surface area is 158 Å². The highest BCUT2D eigenvalue weighted by Crippen LogP contribution is 2.35. The molecule has 1 aromatic heterocycles. The zero-order valence-corrected chi connectivity index (χ0v) is 16.0. The molecule has 7 heteroatoms. The molecule has 0 N–H and O–H groups in total. The van der Waals surface area contributed by atoms with Gasteiger partial charge in [0.15, 0.2) is 0 Å². The Balaban J connectivity index is 1.42. The molecular formula is C19H25N5OS. The number of nitrogens with zero attached hydrogens (tertiary/aromatic N) is 5. The number of amides is 1. The molecule has 0 bridgehead atoms. The molecule has 6 nitrogen and oxygen atoms in total. The fourth-order valence-electron chi connectivity index (χ4n) is 4.26.